The first-order chi connectivity index (χ1) is 3.27. The van der Waals surface area contributed by atoms with E-state index in [1.54, 1.807) is 0 Å². The number of carbonyl (C=O) groups is 2. The quantitative estimate of drug-likeness (QED) is 0.440. The van der Waals surface area contributed by atoms with Gasteiger partial charge in [0.1, 0.15) is 12.1 Å². The van der Waals surface area contributed by atoms with Crippen LogP contribution in [0.5, 0.6) is 0 Å². The molecule has 0 atom stereocenters. The first-order valence-electron chi connectivity index (χ1n) is 2.20. The van der Waals surface area contributed by atoms with Crippen molar-refractivity contribution in [2.45, 2.75) is 19.8 Å². The van der Waals surface area contributed by atoms with Crippen LogP contribution in [-0.2, 0) is 26.7 Å². The summed E-state index contributed by atoms with van der Waals surface area (Å²) in [6, 6.07) is 0. The summed E-state index contributed by atoms with van der Waals surface area (Å²) in [6.07, 6.45) is 1.51. The third-order valence-corrected chi connectivity index (χ3v) is 0.614. The number of Topliss-reactive ketones (excluding diaryl/α,β-unsaturated/α-hetero) is 1. The maximum Gasteiger partial charge on any atom is 0.130 e. The predicted molar refractivity (Wildman–Crippen MR) is 26.0 cm³/mol. The second-order valence-corrected chi connectivity index (χ2v) is 1.41. The van der Waals surface area contributed by atoms with Gasteiger partial charge in [-0.05, 0) is 6.92 Å². The van der Waals surface area contributed by atoms with E-state index in [9.17, 15) is 9.59 Å². The first-order valence-corrected chi connectivity index (χ1v) is 2.20. The number of rotatable bonds is 3. The normalized spacial score (nSPS) is 7.12. The monoisotopic (exact) mass is 155 g/mol. The summed E-state index contributed by atoms with van der Waals surface area (Å²) in [5.74, 6) is 0.0760. The van der Waals surface area contributed by atoms with E-state index in [2.05, 4.69) is 0 Å². The second kappa shape index (κ2) is 6.86. The zero-order valence-corrected chi connectivity index (χ0v) is 5.87. The fourth-order valence-electron chi connectivity index (χ4n) is 0.262. The minimum absolute atomic E-state index is 0. The van der Waals surface area contributed by atoms with Gasteiger partial charge in [-0.15, -0.1) is 0 Å². The van der Waals surface area contributed by atoms with Crippen molar-refractivity contribution in [1.29, 1.82) is 0 Å². The molecule has 3 heteroatoms. The topological polar surface area (TPSA) is 34.1 Å². The summed E-state index contributed by atoms with van der Waals surface area (Å²) in [4.78, 5) is 19.6. The fraction of sp³-hybridized carbons (Fsp3) is 0.600. The molecule has 0 heterocycles. The molecule has 0 unspecified atom stereocenters. The molecule has 0 saturated heterocycles. The Hall–Kier alpha value is -0.141. The van der Waals surface area contributed by atoms with Crippen molar-refractivity contribution in [2.75, 3.05) is 0 Å². The molecular formula is C5H8MnO2. The molecule has 0 rings (SSSR count). The van der Waals surface area contributed by atoms with Gasteiger partial charge in [0.15, 0.2) is 0 Å². The number of ketones is 1. The molecule has 0 aliphatic carbocycles. The van der Waals surface area contributed by atoms with Crippen LogP contribution in [0, 0.1) is 0 Å². The van der Waals surface area contributed by atoms with E-state index in [4.69, 9.17) is 0 Å². The average Bonchev–Trinajstić information content (AvgIpc) is 1.61. The van der Waals surface area contributed by atoms with Crippen LogP contribution >= 0.6 is 0 Å². The van der Waals surface area contributed by atoms with Crippen molar-refractivity contribution < 1.29 is 26.7 Å². The summed E-state index contributed by atoms with van der Waals surface area (Å²) in [7, 11) is 0. The minimum Gasteiger partial charge on any atom is -0.303 e. The molecule has 0 aliphatic rings. The third-order valence-electron chi connectivity index (χ3n) is 0.614. The fourth-order valence-corrected chi connectivity index (χ4v) is 0.262. The zero-order valence-electron chi connectivity index (χ0n) is 4.69. The molecule has 0 amide bonds. The van der Waals surface area contributed by atoms with Gasteiger partial charge in [0.05, 0.1) is 0 Å². The van der Waals surface area contributed by atoms with Crippen molar-refractivity contribution in [2.24, 2.45) is 0 Å². The van der Waals surface area contributed by atoms with Crippen LogP contribution in [0.1, 0.15) is 19.8 Å². The van der Waals surface area contributed by atoms with E-state index in [0.717, 1.165) is 6.29 Å². The van der Waals surface area contributed by atoms with Gasteiger partial charge in [-0.1, -0.05) is 0 Å². The number of hydrogen-bond donors (Lipinski definition) is 0. The summed E-state index contributed by atoms with van der Waals surface area (Å²) in [6.45, 7) is 1.48. The molecule has 0 N–H and O–H groups in total. The van der Waals surface area contributed by atoms with E-state index >= 15 is 0 Å². The molecular weight excluding hydrogens is 147 g/mol. The van der Waals surface area contributed by atoms with Crippen LogP contribution in [0.4, 0.5) is 0 Å². The van der Waals surface area contributed by atoms with E-state index < -0.39 is 0 Å². The minimum atomic E-state index is 0. The smallest absolute Gasteiger partial charge is 0.130 e. The van der Waals surface area contributed by atoms with E-state index in [-0.39, 0.29) is 22.9 Å². The number of hydrogen-bond acceptors (Lipinski definition) is 2. The molecule has 8 heavy (non-hydrogen) atoms. The van der Waals surface area contributed by atoms with E-state index in [1.165, 1.54) is 6.92 Å². The molecule has 0 fully saturated rings. The van der Waals surface area contributed by atoms with Gasteiger partial charge in [-0.2, -0.15) is 0 Å². The Balaban J connectivity index is 0. The van der Waals surface area contributed by atoms with Crippen molar-refractivity contribution in [3.05, 3.63) is 0 Å². The molecule has 2 nitrogen and oxygen atoms in total. The van der Waals surface area contributed by atoms with E-state index in [0.29, 0.717) is 12.8 Å². The maximum absolute atomic E-state index is 10.0. The standard InChI is InChI=1S/C5H8O2.Mn/c1-5(7)3-2-4-6;/h4H,2-3H2,1H3;. The Morgan fingerprint density at radius 1 is 1.62 bits per heavy atom. The predicted octanol–water partition coefficient (Wildman–Crippen LogP) is 0.552. The third kappa shape index (κ3) is 9.29. The Bertz CT molecular complexity index is 80.5. The number of carbonyl (C=O) groups excluding carboxylic acids is 2. The number of aldehydes is 1. The zero-order chi connectivity index (χ0) is 5.70. The van der Waals surface area contributed by atoms with Gasteiger partial charge in [-0.25, -0.2) is 0 Å². The van der Waals surface area contributed by atoms with Crippen LogP contribution < -0.4 is 0 Å². The van der Waals surface area contributed by atoms with E-state index in [1.807, 2.05) is 0 Å². The van der Waals surface area contributed by atoms with Gasteiger partial charge < -0.3 is 9.59 Å². The summed E-state index contributed by atoms with van der Waals surface area (Å²) >= 11 is 0. The molecule has 0 saturated carbocycles. The van der Waals surface area contributed by atoms with Crippen molar-refractivity contribution in [1.82, 2.24) is 0 Å². The molecule has 0 aromatic rings. The average molecular weight is 155 g/mol. The summed E-state index contributed by atoms with van der Waals surface area (Å²) in [5.41, 5.74) is 0. The molecule has 0 aromatic carbocycles. The van der Waals surface area contributed by atoms with Gasteiger partial charge in [0.25, 0.3) is 0 Å². The summed E-state index contributed by atoms with van der Waals surface area (Å²) < 4.78 is 0. The van der Waals surface area contributed by atoms with Gasteiger partial charge in [0, 0.05) is 29.9 Å². The van der Waals surface area contributed by atoms with Crippen LogP contribution in [-0.4, -0.2) is 12.1 Å². The molecule has 0 spiro atoms. The SMILES string of the molecule is CC(=O)CCC=O.[Mn]. The molecule has 0 aromatic heterocycles. The van der Waals surface area contributed by atoms with Gasteiger partial charge in [-0.3, -0.25) is 0 Å². The first kappa shape index (κ1) is 10.8. The van der Waals surface area contributed by atoms with Crippen molar-refractivity contribution >= 4 is 12.1 Å². The molecule has 0 aliphatic heterocycles. The van der Waals surface area contributed by atoms with Crippen molar-refractivity contribution in [3.8, 4) is 0 Å². The molecule has 0 bridgehead atoms. The summed E-state index contributed by atoms with van der Waals surface area (Å²) in [5, 5.41) is 0. The maximum atomic E-state index is 10.0. The van der Waals surface area contributed by atoms with Crippen molar-refractivity contribution in [3.63, 3.8) is 0 Å². The van der Waals surface area contributed by atoms with Gasteiger partial charge in [0.2, 0.25) is 0 Å². The largest absolute Gasteiger partial charge is 0.303 e. The molecule has 1 radical (unpaired) electrons. The van der Waals surface area contributed by atoms with Crippen LogP contribution in [0.15, 0.2) is 0 Å². The van der Waals surface area contributed by atoms with Crippen LogP contribution in [0.2, 0.25) is 0 Å². The second-order valence-electron chi connectivity index (χ2n) is 1.41. The molecule has 47 valence electrons. The Kier molecular flexibility index (Phi) is 9.24. The van der Waals surface area contributed by atoms with Gasteiger partial charge >= 0.3 is 0 Å². The van der Waals surface area contributed by atoms with Crippen LogP contribution in [0.25, 0.3) is 0 Å². The van der Waals surface area contributed by atoms with Crippen LogP contribution in [0.3, 0.4) is 0 Å². The Labute approximate surface area is 59.1 Å². The Morgan fingerprint density at radius 3 is 2.25 bits per heavy atom. The Morgan fingerprint density at radius 2 is 2.12 bits per heavy atom.